The number of allylic oxidation sites excluding steroid dienone is 1. The second kappa shape index (κ2) is 5.86. The number of nitriles is 1. The molecule has 0 amide bonds. The average Bonchev–Trinajstić information content (AvgIpc) is 2.12. The highest BCUT2D eigenvalue weighted by molar-refractivity contribution is 14.1. The second-order valence-electron chi connectivity index (χ2n) is 2.83. The summed E-state index contributed by atoms with van der Waals surface area (Å²) < 4.78 is 1.73. The van der Waals surface area contributed by atoms with Gasteiger partial charge in [-0.1, -0.05) is 28.7 Å². The molecule has 13 heavy (non-hydrogen) atoms. The molecule has 0 saturated carbocycles. The van der Waals surface area contributed by atoms with Gasteiger partial charge in [0.25, 0.3) is 0 Å². The first-order chi connectivity index (χ1) is 6.10. The average molecular weight is 291 g/mol. The molecule has 0 aliphatic carbocycles. The fourth-order valence-electron chi connectivity index (χ4n) is 0.973. The number of carbonyl (C=O) groups excluding carboxylic acids is 2. The maximum atomic E-state index is 10.8. The molecule has 0 aromatic heterocycles. The Morgan fingerprint density at radius 2 is 2.31 bits per heavy atom. The lowest BCUT2D eigenvalue weighted by atomic mass is 9.83. The zero-order chi connectivity index (χ0) is 10.3. The molecule has 0 rings (SSSR count). The third kappa shape index (κ3) is 4.18. The predicted octanol–water partition coefficient (Wildman–Crippen LogP) is 2.01. The van der Waals surface area contributed by atoms with E-state index in [0.717, 1.165) is 0 Å². The van der Waals surface area contributed by atoms with Crippen molar-refractivity contribution in [2.75, 3.05) is 0 Å². The van der Waals surface area contributed by atoms with Crippen LogP contribution in [0.3, 0.4) is 0 Å². The van der Waals surface area contributed by atoms with E-state index < -0.39 is 5.41 Å². The van der Waals surface area contributed by atoms with Crippen molar-refractivity contribution < 1.29 is 9.59 Å². The minimum absolute atomic E-state index is 0.00597. The topological polar surface area (TPSA) is 57.9 Å². The summed E-state index contributed by atoms with van der Waals surface area (Å²) in [4.78, 5) is 21.5. The van der Waals surface area contributed by atoms with Crippen molar-refractivity contribution in [3.8, 4) is 6.07 Å². The fourth-order valence-corrected chi connectivity index (χ4v) is 1.23. The van der Waals surface area contributed by atoms with Gasteiger partial charge >= 0.3 is 0 Å². The van der Waals surface area contributed by atoms with Gasteiger partial charge in [0.05, 0.1) is 6.07 Å². The van der Waals surface area contributed by atoms with Crippen molar-refractivity contribution in [3.05, 3.63) is 10.2 Å². The van der Waals surface area contributed by atoms with Crippen LogP contribution in [0.1, 0.15) is 19.8 Å². The van der Waals surface area contributed by atoms with E-state index >= 15 is 0 Å². The van der Waals surface area contributed by atoms with Crippen LogP contribution in [0.5, 0.6) is 0 Å². The number of Topliss-reactive ketones (excluding diaryl/α,β-unsaturated/α-hetero) is 1. The summed E-state index contributed by atoms with van der Waals surface area (Å²) in [6, 6.07) is 1.89. The van der Waals surface area contributed by atoms with Crippen molar-refractivity contribution >= 4 is 34.7 Å². The Balaban J connectivity index is 4.61. The number of aldehydes is 1. The molecule has 0 aliphatic rings. The van der Waals surface area contributed by atoms with E-state index in [1.807, 2.05) is 28.7 Å². The van der Waals surface area contributed by atoms with E-state index in [2.05, 4.69) is 0 Å². The molecule has 3 nitrogen and oxygen atoms in total. The summed E-state index contributed by atoms with van der Waals surface area (Å²) in [7, 11) is 0. The molecular weight excluding hydrogens is 281 g/mol. The monoisotopic (exact) mass is 291 g/mol. The maximum Gasteiger partial charge on any atom is 0.141 e. The van der Waals surface area contributed by atoms with Crippen molar-refractivity contribution in [3.63, 3.8) is 0 Å². The smallest absolute Gasteiger partial charge is 0.141 e. The number of hydrogen-bond donors (Lipinski definition) is 0. The van der Waals surface area contributed by atoms with Gasteiger partial charge in [-0.25, -0.2) is 0 Å². The standard InChI is InChI=1S/C9H10INO2/c1-8(13)5-9(6-11,7-12)3-2-4-10/h2,4,7H,3,5H2,1H3/b4-2+/t9-/m0/s1. The van der Waals surface area contributed by atoms with Gasteiger partial charge in [-0.3, -0.25) is 4.79 Å². The van der Waals surface area contributed by atoms with E-state index in [1.165, 1.54) is 6.92 Å². The molecule has 1 atom stereocenters. The SMILES string of the molecule is CC(=O)C[C@@](C#N)(C=O)C/C=C/I. The summed E-state index contributed by atoms with van der Waals surface area (Å²) in [6.07, 6.45) is 2.57. The summed E-state index contributed by atoms with van der Waals surface area (Å²) in [5, 5.41) is 8.78. The Kier molecular flexibility index (Phi) is 5.55. The zero-order valence-electron chi connectivity index (χ0n) is 7.29. The Morgan fingerprint density at radius 3 is 2.62 bits per heavy atom. The van der Waals surface area contributed by atoms with Gasteiger partial charge in [-0.15, -0.1) is 0 Å². The molecule has 0 spiro atoms. The van der Waals surface area contributed by atoms with E-state index in [0.29, 0.717) is 12.7 Å². The Hall–Kier alpha value is -0.700. The molecule has 0 aromatic rings. The van der Waals surface area contributed by atoms with E-state index in [4.69, 9.17) is 5.26 Å². The maximum absolute atomic E-state index is 10.8. The molecule has 0 aromatic carbocycles. The van der Waals surface area contributed by atoms with Crippen LogP contribution in [0.25, 0.3) is 0 Å². The third-order valence-corrected chi connectivity index (χ3v) is 2.09. The number of carbonyl (C=O) groups is 2. The second-order valence-corrected chi connectivity index (χ2v) is 3.55. The van der Waals surface area contributed by atoms with Crippen molar-refractivity contribution in [2.24, 2.45) is 5.41 Å². The molecule has 0 radical (unpaired) electrons. The van der Waals surface area contributed by atoms with Gasteiger partial charge in [0.1, 0.15) is 17.5 Å². The number of hydrogen-bond acceptors (Lipinski definition) is 3. The molecule has 0 saturated heterocycles. The van der Waals surface area contributed by atoms with Gasteiger partial charge in [-0.2, -0.15) is 5.26 Å². The minimum Gasteiger partial charge on any atom is -0.302 e. The molecule has 0 bridgehead atoms. The summed E-state index contributed by atoms with van der Waals surface area (Å²) >= 11 is 2.00. The molecule has 70 valence electrons. The lowest BCUT2D eigenvalue weighted by molar-refractivity contribution is -0.123. The minimum atomic E-state index is -1.16. The summed E-state index contributed by atoms with van der Waals surface area (Å²) in [6.45, 7) is 1.38. The first-order valence-corrected chi connectivity index (χ1v) is 4.97. The first-order valence-electron chi connectivity index (χ1n) is 3.72. The molecular formula is C9H10INO2. The van der Waals surface area contributed by atoms with Crippen LogP contribution >= 0.6 is 22.6 Å². The van der Waals surface area contributed by atoms with Crippen LogP contribution in [-0.2, 0) is 9.59 Å². The Labute approximate surface area is 90.9 Å². The van der Waals surface area contributed by atoms with Crippen LogP contribution in [0.4, 0.5) is 0 Å². The quantitative estimate of drug-likeness (QED) is 0.575. The molecule has 0 N–H and O–H groups in total. The number of ketones is 1. The zero-order valence-corrected chi connectivity index (χ0v) is 9.45. The van der Waals surface area contributed by atoms with Crippen molar-refractivity contribution in [1.29, 1.82) is 5.26 Å². The Bertz CT molecular complexity index is 267. The molecule has 0 unspecified atom stereocenters. The summed E-state index contributed by atoms with van der Waals surface area (Å²) in [5.74, 6) is -0.143. The van der Waals surface area contributed by atoms with Crippen LogP contribution in [-0.4, -0.2) is 12.1 Å². The normalized spacial score (nSPS) is 14.8. The highest BCUT2D eigenvalue weighted by atomic mass is 127. The molecule has 0 fully saturated rings. The van der Waals surface area contributed by atoms with Gasteiger partial charge < -0.3 is 4.79 Å². The largest absolute Gasteiger partial charge is 0.302 e. The third-order valence-electron chi connectivity index (χ3n) is 1.58. The first kappa shape index (κ1) is 12.3. The van der Waals surface area contributed by atoms with Crippen LogP contribution in [0, 0.1) is 16.7 Å². The van der Waals surface area contributed by atoms with Crippen LogP contribution < -0.4 is 0 Å². The van der Waals surface area contributed by atoms with E-state index in [-0.39, 0.29) is 12.2 Å². The lowest BCUT2D eigenvalue weighted by Crippen LogP contribution is -2.22. The summed E-state index contributed by atoms with van der Waals surface area (Å²) in [5.41, 5.74) is -1.16. The van der Waals surface area contributed by atoms with Gasteiger partial charge in [0, 0.05) is 6.42 Å². The van der Waals surface area contributed by atoms with Crippen LogP contribution in [0.15, 0.2) is 10.2 Å². The highest BCUT2D eigenvalue weighted by Gasteiger charge is 2.29. The molecule has 0 aliphatic heterocycles. The molecule has 0 heterocycles. The van der Waals surface area contributed by atoms with Crippen molar-refractivity contribution in [2.45, 2.75) is 19.8 Å². The van der Waals surface area contributed by atoms with Gasteiger partial charge in [0.15, 0.2) is 0 Å². The number of nitrogens with zero attached hydrogens (tertiary/aromatic N) is 1. The molecule has 4 heteroatoms. The van der Waals surface area contributed by atoms with Gasteiger partial charge in [-0.05, 0) is 17.4 Å². The predicted molar refractivity (Wildman–Crippen MR) is 57.2 cm³/mol. The fraction of sp³-hybridized carbons (Fsp3) is 0.444. The van der Waals surface area contributed by atoms with E-state index in [9.17, 15) is 9.59 Å². The van der Waals surface area contributed by atoms with Crippen LogP contribution in [0.2, 0.25) is 0 Å². The lowest BCUT2D eigenvalue weighted by Gasteiger charge is -2.15. The number of rotatable bonds is 5. The Morgan fingerprint density at radius 1 is 1.69 bits per heavy atom. The van der Waals surface area contributed by atoms with Crippen molar-refractivity contribution in [1.82, 2.24) is 0 Å². The van der Waals surface area contributed by atoms with E-state index in [1.54, 1.807) is 10.2 Å². The van der Waals surface area contributed by atoms with Gasteiger partial charge in [0.2, 0.25) is 0 Å². The highest BCUT2D eigenvalue weighted by Crippen LogP contribution is 2.24. The number of halogens is 1.